The standard InChI is InChI=1S/C26H21ClF5N3O2/c1-25(17-6-3-2-4-7-17)15-35(14-22(36)33-18-8-5-9-19(13-18)37-24(28)29)34-23(25)16-10-11-20(21(27)12-16)26(30,31)32/h2-13,24H,14-15H2,1H3,(H,33,36). The van der Waals surface area contributed by atoms with Crippen LogP contribution in [0.15, 0.2) is 77.9 Å². The Morgan fingerprint density at radius 1 is 1.11 bits per heavy atom. The van der Waals surface area contributed by atoms with Crippen molar-refractivity contribution in [1.82, 2.24) is 5.01 Å². The third kappa shape index (κ3) is 6.02. The topological polar surface area (TPSA) is 53.9 Å². The van der Waals surface area contributed by atoms with E-state index in [4.69, 9.17) is 11.6 Å². The van der Waals surface area contributed by atoms with Gasteiger partial charge in [0.1, 0.15) is 12.3 Å². The number of anilines is 1. The summed E-state index contributed by atoms with van der Waals surface area (Å²) in [6.07, 6.45) is -4.60. The lowest BCUT2D eigenvalue weighted by Gasteiger charge is -2.27. The summed E-state index contributed by atoms with van der Waals surface area (Å²) in [6, 6.07) is 18.3. The van der Waals surface area contributed by atoms with Crippen LogP contribution in [-0.4, -0.2) is 36.3 Å². The molecule has 0 bridgehead atoms. The molecule has 1 aliphatic heterocycles. The van der Waals surface area contributed by atoms with Gasteiger partial charge in [0.15, 0.2) is 0 Å². The molecule has 3 aromatic rings. The molecule has 37 heavy (non-hydrogen) atoms. The van der Waals surface area contributed by atoms with Gasteiger partial charge in [-0.25, -0.2) is 0 Å². The number of nitrogens with zero attached hydrogens (tertiary/aromatic N) is 2. The maximum Gasteiger partial charge on any atom is 0.417 e. The molecule has 1 aliphatic rings. The van der Waals surface area contributed by atoms with E-state index in [9.17, 15) is 26.7 Å². The van der Waals surface area contributed by atoms with Crippen molar-refractivity contribution in [3.8, 4) is 5.75 Å². The van der Waals surface area contributed by atoms with Crippen LogP contribution in [0.25, 0.3) is 0 Å². The highest BCUT2D eigenvalue weighted by Crippen LogP contribution is 2.39. The highest BCUT2D eigenvalue weighted by atomic mass is 35.5. The van der Waals surface area contributed by atoms with Crippen LogP contribution >= 0.6 is 11.6 Å². The zero-order chi connectivity index (χ0) is 26.8. The Morgan fingerprint density at radius 2 is 1.84 bits per heavy atom. The van der Waals surface area contributed by atoms with Crippen LogP contribution in [0, 0.1) is 0 Å². The first-order valence-corrected chi connectivity index (χ1v) is 11.4. The van der Waals surface area contributed by atoms with E-state index in [1.54, 1.807) is 0 Å². The number of hydrogen-bond donors (Lipinski definition) is 1. The van der Waals surface area contributed by atoms with Gasteiger partial charge in [0.2, 0.25) is 5.91 Å². The van der Waals surface area contributed by atoms with Gasteiger partial charge >= 0.3 is 12.8 Å². The second-order valence-electron chi connectivity index (χ2n) is 8.62. The molecule has 4 rings (SSSR count). The summed E-state index contributed by atoms with van der Waals surface area (Å²) in [4.78, 5) is 12.7. The predicted octanol–water partition coefficient (Wildman–Crippen LogP) is 6.58. The lowest BCUT2D eigenvalue weighted by molar-refractivity contribution is -0.137. The Balaban J connectivity index is 1.60. The minimum absolute atomic E-state index is 0.106. The minimum Gasteiger partial charge on any atom is -0.435 e. The lowest BCUT2D eigenvalue weighted by Crippen LogP contribution is -2.38. The van der Waals surface area contributed by atoms with E-state index in [-0.39, 0.29) is 24.5 Å². The minimum atomic E-state index is -4.60. The van der Waals surface area contributed by atoms with Gasteiger partial charge in [-0.3, -0.25) is 9.80 Å². The molecular formula is C26H21ClF5N3O2. The summed E-state index contributed by atoms with van der Waals surface area (Å²) in [7, 11) is 0. The molecule has 1 unspecified atom stereocenters. The first kappa shape index (κ1) is 26.4. The Labute approximate surface area is 214 Å². The molecule has 5 nitrogen and oxygen atoms in total. The van der Waals surface area contributed by atoms with Crippen molar-refractivity contribution in [2.24, 2.45) is 5.10 Å². The van der Waals surface area contributed by atoms with Crippen LogP contribution in [0.4, 0.5) is 27.6 Å². The molecule has 0 aliphatic carbocycles. The molecule has 0 saturated carbocycles. The molecule has 1 atom stereocenters. The average Bonchev–Trinajstić information content (AvgIpc) is 3.15. The number of hydrogen-bond acceptors (Lipinski definition) is 4. The molecule has 0 spiro atoms. The zero-order valence-corrected chi connectivity index (χ0v) is 20.2. The number of alkyl halides is 5. The fraction of sp³-hybridized carbons (Fsp3) is 0.231. The van der Waals surface area contributed by atoms with Gasteiger partial charge in [-0.2, -0.15) is 27.1 Å². The number of nitrogens with one attached hydrogen (secondary N) is 1. The van der Waals surface area contributed by atoms with Gasteiger partial charge in [0, 0.05) is 17.3 Å². The normalized spacial score (nSPS) is 17.6. The monoisotopic (exact) mass is 537 g/mol. The number of carbonyl (C=O) groups excluding carboxylic acids is 1. The summed E-state index contributed by atoms with van der Waals surface area (Å²) in [6.45, 7) is -1.05. The third-order valence-electron chi connectivity index (χ3n) is 5.89. The second-order valence-corrected chi connectivity index (χ2v) is 9.02. The Kier molecular flexibility index (Phi) is 7.40. The van der Waals surface area contributed by atoms with Crippen molar-refractivity contribution in [2.75, 3.05) is 18.4 Å². The summed E-state index contributed by atoms with van der Waals surface area (Å²) < 4.78 is 69.0. The van der Waals surface area contributed by atoms with Crippen molar-refractivity contribution in [3.63, 3.8) is 0 Å². The van der Waals surface area contributed by atoms with E-state index >= 15 is 0 Å². The van der Waals surface area contributed by atoms with Crippen molar-refractivity contribution in [1.29, 1.82) is 0 Å². The SMILES string of the molecule is CC1(c2ccccc2)CN(CC(=O)Nc2cccc(OC(F)F)c2)N=C1c1ccc(C(F)(F)F)c(Cl)c1. The van der Waals surface area contributed by atoms with Crippen molar-refractivity contribution in [2.45, 2.75) is 25.1 Å². The molecule has 1 amide bonds. The van der Waals surface area contributed by atoms with Gasteiger partial charge < -0.3 is 10.1 Å². The second kappa shape index (κ2) is 10.4. The predicted molar refractivity (Wildman–Crippen MR) is 130 cm³/mol. The molecule has 194 valence electrons. The molecule has 0 saturated heterocycles. The van der Waals surface area contributed by atoms with Gasteiger partial charge in [-0.1, -0.05) is 54.1 Å². The highest BCUT2D eigenvalue weighted by Gasteiger charge is 2.42. The van der Waals surface area contributed by atoms with E-state index in [1.165, 1.54) is 41.4 Å². The van der Waals surface area contributed by atoms with E-state index in [0.717, 1.165) is 11.6 Å². The zero-order valence-electron chi connectivity index (χ0n) is 19.4. The molecule has 0 radical (unpaired) electrons. The first-order valence-electron chi connectivity index (χ1n) is 11.1. The molecular weight excluding hydrogens is 517 g/mol. The van der Waals surface area contributed by atoms with Crippen LogP contribution in [0.3, 0.4) is 0 Å². The molecule has 1 N–H and O–H groups in total. The van der Waals surface area contributed by atoms with Crippen LogP contribution in [0.2, 0.25) is 5.02 Å². The maximum atomic E-state index is 13.2. The summed E-state index contributed by atoms with van der Waals surface area (Å²) in [5.41, 5.74) is 0.234. The number of halogens is 6. The number of hydrazone groups is 1. The van der Waals surface area contributed by atoms with Gasteiger partial charge in [0.05, 0.1) is 28.3 Å². The summed E-state index contributed by atoms with van der Waals surface area (Å²) >= 11 is 5.98. The number of amides is 1. The molecule has 11 heteroatoms. The van der Waals surface area contributed by atoms with E-state index in [1.807, 2.05) is 37.3 Å². The fourth-order valence-corrected chi connectivity index (χ4v) is 4.52. The largest absolute Gasteiger partial charge is 0.435 e. The smallest absolute Gasteiger partial charge is 0.417 e. The lowest BCUT2D eigenvalue weighted by atomic mass is 9.76. The van der Waals surface area contributed by atoms with Crippen molar-refractivity contribution in [3.05, 3.63) is 94.5 Å². The molecule has 0 fully saturated rings. The van der Waals surface area contributed by atoms with Gasteiger partial charge in [-0.05, 0) is 36.8 Å². The van der Waals surface area contributed by atoms with E-state index in [2.05, 4.69) is 15.2 Å². The van der Waals surface area contributed by atoms with Gasteiger partial charge in [-0.15, -0.1) is 0 Å². The molecule has 0 aromatic heterocycles. The van der Waals surface area contributed by atoms with Crippen molar-refractivity contribution >= 4 is 28.9 Å². The van der Waals surface area contributed by atoms with Crippen LogP contribution in [-0.2, 0) is 16.4 Å². The number of ether oxygens (including phenoxy) is 1. The van der Waals surface area contributed by atoms with Crippen LogP contribution in [0.1, 0.15) is 23.6 Å². The summed E-state index contributed by atoms with van der Waals surface area (Å²) in [5.74, 6) is -0.579. The highest BCUT2D eigenvalue weighted by molar-refractivity contribution is 6.32. The first-order chi connectivity index (χ1) is 17.5. The Morgan fingerprint density at radius 3 is 2.49 bits per heavy atom. The van der Waals surface area contributed by atoms with Crippen LogP contribution in [0.5, 0.6) is 5.75 Å². The Bertz CT molecular complexity index is 1320. The molecule has 3 aromatic carbocycles. The fourth-order valence-electron chi connectivity index (χ4n) is 4.24. The van der Waals surface area contributed by atoms with E-state index < -0.39 is 34.7 Å². The number of rotatable bonds is 7. The van der Waals surface area contributed by atoms with Crippen molar-refractivity contribution < 1.29 is 31.5 Å². The maximum absolute atomic E-state index is 13.2. The van der Waals surface area contributed by atoms with Crippen LogP contribution < -0.4 is 10.1 Å². The summed E-state index contributed by atoms with van der Waals surface area (Å²) in [5, 5.41) is 8.25. The number of benzene rings is 3. The Hall–Kier alpha value is -3.66. The quantitative estimate of drug-likeness (QED) is 0.347. The number of carbonyl (C=O) groups is 1. The molecule has 1 heterocycles. The average molecular weight is 538 g/mol. The van der Waals surface area contributed by atoms with Gasteiger partial charge in [0.25, 0.3) is 0 Å². The van der Waals surface area contributed by atoms with E-state index in [0.29, 0.717) is 11.3 Å². The third-order valence-corrected chi connectivity index (χ3v) is 6.20.